The minimum absolute atomic E-state index is 0.228. The first-order valence-corrected chi connectivity index (χ1v) is 12.1. The Hall–Kier alpha value is -2.90. The lowest BCUT2D eigenvalue weighted by Crippen LogP contribution is -2.31. The van der Waals surface area contributed by atoms with Gasteiger partial charge in [-0.2, -0.15) is 5.10 Å². The van der Waals surface area contributed by atoms with Gasteiger partial charge in [0.05, 0.1) is 17.1 Å². The molecule has 0 aliphatic rings. The number of rotatable bonds is 7. The van der Waals surface area contributed by atoms with E-state index in [9.17, 15) is 8.42 Å². The fourth-order valence-corrected chi connectivity index (χ4v) is 5.94. The molecule has 2 aromatic heterocycles. The molecule has 2 aromatic carbocycles. The molecule has 0 fully saturated rings. The van der Waals surface area contributed by atoms with Crippen molar-refractivity contribution in [1.29, 1.82) is 0 Å². The summed E-state index contributed by atoms with van der Waals surface area (Å²) in [4.78, 5) is 1.06. The largest absolute Gasteiger partial charge is 0.268 e. The second-order valence-corrected chi connectivity index (χ2v) is 9.74. The molecule has 30 heavy (non-hydrogen) atoms. The van der Waals surface area contributed by atoms with Crippen LogP contribution in [0, 0.1) is 6.92 Å². The molecule has 0 radical (unpaired) electrons. The molecule has 0 N–H and O–H groups in total. The number of para-hydroxylation sites is 1. The van der Waals surface area contributed by atoms with E-state index in [0.29, 0.717) is 24.5 Å². The van der Waals surface area contributed by atoms with Crippen molar-refractivity contribution >= 4 is 27.0 Å². The smallest absolute Gasteiger partial charge is 0.266 e. The highest BCUT2D eigenvalue weighted by Crippen LogP contribution is 2.34. The minimum atomic E-state index is -3.80. The molecule has 0 unspecified atom stereocenters. The first kappa shape index (κ1) is 20.4. The van der Waals surface area contributed by atoms with Crippen molar-refractivity contribution in [2.75, 3.05) is 10.8 Å². The van der Waals surface area contributed by atoms with Crippen molar-refractivity contribution in [1.82, 2.24) is 9.78 Å². The van der Waals surface area contributed by atoms with Gasteiger partial charge in [0.15, 0.2) is 0 Å². The first-order chi connectivity index (χ1) is 14.5. The zero-order valence-electron chi connectivity index (χ0n) is 16.9. The molecule has 0 bridgehead atoms. The Labute approximate surface area is 181 Å². The van der Waals surface area contributed by atoms with Gasteiger partial charge in [-0.15, -0.1) is 11.3 Å². The lowest BCUT2D eigenvalue weighted by molar-refractivity contribution is 0.591. The van der Waals surface area contributed by atoms with Gasteiger partial charge in [-0.05, 0) is 42.5 Å². The van der Waals surface area contributed by atoms with Crippen LogP contribution in [0.15, 0.2) is 83.2 Å². The van der Waals surface area contributed by atoms with Gasteiger partial charge in [0.1, 0.15) is 10.6 Å². The molecular weight excluding hydrogens is 414 g/mol. The van der Waals surface area contributed by atoms with Crippen LogP contribution in [0.4, 0.5) is 5.69 Å². The fourth-order valence-electron chi connectivity index (χ4n) is 3.46. The third kappa shape index (κ3) is 3.91. The Morgan fingerprint density at radius 1 is 1.00 bits per heavy atom. The van der Waals surface area contributed by atoms with E-state index in [4.69, 9.17) is 0 Å². The molecule has 0 spiro atoms. The van der Waals surface area contributed by atoms with Gasteiger partial charge in [0, 0.05) is 12.7 Å². The predicted molar refractivity (Wildman–Crippen MR) is 122 cm³/mol. The third-order valence-corrected chi connectivity index (χ3v) is 7.68. The van der Waals surface area contributed by atoms with E-state index in [1.54, 1.807) is 10.9 Å². The molecule has 0 atom stereocenters. The maximum Gasteiger partial charge on any atom is 0.268 e. The third-order valence-electron chi connectivity index (χ3n) is 4.91. The molecule has 5 nitrogen and oxygen atoms in total. The zero-order valence-corrected chi connectivity index (χ0v) is 18.5. The highest BCUT2D eigenvalue weighted by Gasteiger charge is 2.30. The second-order valence-electron chi connectivity index (χ2n) is 6.96. The van der Waals surface area contributed by atoms with Crippen molar-refractivity contribution in [3.05, 3.63) is 89.4 Å². The summed E-state index contributed by atoms with van der Waals surface area (Å²) in [5, 5.41) is 6.60. The summed E-state index contributed by atoms with van der Waals surface area (Å²) >= 11 is 1.49. The van der Waals surface area contributed by atoms with Crippen LogP contribution in [0.5, 0.6) is 0 Å². The molecule has 2 heterocycles. The average Bonchev–Trinajstić information content (AvgIpc) is 3.41. The summed E-state index contributed by atoms with van der Waals surface area (Å²) in [5.74, 6) is 0. The van der Waals surface area contributed by atoms with Crippen molar-refractivity contribution in [2.45, 2.75) is 25.3 Å². The van der Waals surface area contributed by atoms with Gasteiger partial charge < -0.3 is 0 Å². The van der Waals surface area contributed by atoms with Gasteiger partial charge in [0.25, 0.3) is 10.0 Å². The Morgan fingerprint density at radius 3 is 2.40 bits per heavy atom. The summed E-state index contributed by atoms with van der Waals surface area (Å²) < 4.78 is 30.7. The first-order valence-electron chi connectivity index (χ1n) is 9.74. The van der Waals surface area contributed by atoms with E-state index in [1.807, 2.05) is 86.0 Å². The number of benzene rings is 2. The van der Waals surface area contributed by atoms with Crippen LogP contribution in [0.2, 0.25) is 0 Å². The Morgan fingerprint density at radius 2 is 1.73 bits per heavy atom. The average molecular weight is 438 g/mol. The van der Waals surface area contributed by atoms with Crippen LogP contribution in [-0.2, 0) is 16.6 Å². The van der Waals surface area contributed by atoms with Gasteiger partial charge in [-0.3, -0.25) is 8.99 Å². The second kappa shape index (κ2) is 8.45. The van der Waals surface area contributed by atoms with E-state index in [1.165, 1.54) is 15.6 Å². The highest BCUT2D eigenvalue weighted by atomic mass is 32.2. The summed E-state index contributed by atoms with van der Waals surface area (Å²) in [6.07, 6.45) is 1.65. The number of aromatic nitrogens is 2. The van der Waals surface area contributed by atoms with Crippen LogP contribution in [0.3, 0.4) is 0 Å². The summed E-state index contributed by atoms with van der Waals surface area (Å²) in [5.41, 5.74) is 3.16. The number of hydrogen-bond acceptors (Lipinski definition) is 4. The molecule has 0 saturated heterocycles. The van der Waals surface area contributed by atoms with Crippen LogP contribution in [0.25, 0.3) is 10.6 Å². The predicted octanol–water partition coefficient (Wildman–Crippen LogP) is 5.18. The monoisotopic (exact) mass is 437 g/mol. The van der Waals surface area contributed by atoms with Crippen molar-refractivity contribution in [3.63, 3.8) is 0 Å². The summed E-state index contributed by atoms with van der Waals surface area (Å²) in [6.45, 7) is 4.61. The molecule has 154 valence electrons. The van der Waals surface area contributed by atoms with Crippen molar-refractivity contribution < 1.29 is 8.42 Å². The van der Waals surface area contributed by atoms with Crippen LogP contribution in [-0.4, -0.2) is 24.7 Å². The molecular formula is C23H23N3O2S2. The Balaban J connectivity index is 1.82. The van der Waals surface area contributed by atoms with Crippen LogP contribution >= 0.6 is 11.3 Å². The molecule has 0 aliphatic carbocycles. The number of thiophene rings is 1. The molecule has 4 aromatic rings. The van der Waals surface area contributed by atoms with Gasteiger partial charge >= 0.3 is 0 Å². The standard InChI is InChI=1S/C23H23N3O2S2/c1-3-26(20-13-8-7-10-18(20)2)30(27,28)22-17-25(16-19-11-5-4-6-12-19)24-23(22)21-14-9-15-29-21/h4-15,17H,3,16H2,1-2H3. The molecule has 0 aliphatic heterocycles. The molecule has 0 amide bonds. The van der Waals surface area contributed by atoms with Gasteiger partial charge in [0.2, 0.25) is 0 Å². The van der Waals surface area contributed by atoms with Gasteiger partial charge in [-0.1, -0.05) is 54.6 Å². The van der Waals surface area contributed by atoms with Crippen molar-refractivity contribution in [3.8, 4) is 10.6 Å². The number of anilines is 1. The Bertz CT molecular complexity index is 1230. The quantitative estimate of drug-likeness (QED) is 0.400. The fraction of sp³-hybridized carbons (Fsp3) is 0.174. The Kier molecular flexibility index (Phi) is 5.74. The lowest BCUT2D eigenvalue weighted by Gasteiger charge is -2.24. The summed E-state index contributed by atoms with van der Waals surface area (Å²) in [7, 11) is -3.80. The van der Waals surface area contributed by atoms with Crippen LogP contribution < -0.4 is 4.31 Å². The minimum Gasteiger partial charge on any atom is -0.266 e. The number of nitrogens with zero attached hydrogens (tertiary/aromatic N) is 3. The molecule has 7 heteroatoms. The van der Waals surface area contributed by atoms with E-state index in [-0.39, 0.29) is 4.90 Å². The SMILES string of the molecule is CCN(c1ccccc1C)S(=O)(=O)c1cn(Cc2ccccc2)nc1-c1cccs1. The number of hydrogen-bond donors (Lipinski definition) is 0. The topological polar surface area (TPSA) is 55.2 Å². The normalized spacial score (nSPS) is 11.5. The highest BCUT2D eigenvalue weighted by molar-refractivity contribution is 7.93. The lowest BCUT2D eigenvalue weighted by atomic mass is 10.2. The maximum atomic E-state index is 13.8. The molecule has 4 rings (SSSR count). The van der Waals surface area contributed by atoms with Crippen molar-refractivity contribution in [2.24, 2.45) is 0 Å². The van der Waals surface area contributed by atoms with E-state index in [0.717, 1.165) is 16.0 Å². The zero-order chi connectivity index (χ0) is 21.1. The molecule has 0 saturated carbocycles. The van der Waals surface area contributed by atoms with Crippen LogP contribution in [0.1, 0.15) is 18.1 Å². The maximum absolute atomic E-state index is 13.8. The van der Waals surface area contributed by atoms with Gasteiger partial charge in [-0.25, -0.2) is 8.42 Å². The summed E-state index contributed by atoms with van der Waals surface area (Å²) in [6, 6.07) is 21.3. The number of aryl methyl sites for hydroxylation is 1. The van der Waals surface area contributed by atoms with E-state index in [2.05, 4.69) is 5.10 Å². The van der Waals surface area contributed by atoms with E-state index < -0.39 is 10.0 Å². The van der Waals surface area contributed by atoms with E-state index >= 15 is 0 Å². The number of sulfonamides is 1.